The fourth-order valence-corrected chi connectivity index (χ4v) is 2.17. The molecule has 0 saturated carbocycles. The van der Waals surface area contributed by atoms with Gasteiger partial charge in [-0.3, -0.25) is 0 Å². The lowest BCUT2D eigenvalue weighted by atomic mass is 10.1. The van der Waals surface area contributed by atoms with Gasteiger partial charge in [-0.05, 0) is 36.4 Å². The van der Waals surface area contributed by atoms with Crippen molar-refractivity contribution in [3.05, 3.63) is 96.1 Å². The zero-order chi connectivity index (χ0) is 18.2. The first-order valence-corrected chi connectivity index (χ1v) is 7.87. The van der Waals surface area contributed by atoms with Gasteiger partial charge in [0.25, 0.3) is 0 Å². The Morgan fingerprint density at radius 1 is 0.538 bits per heavy atom. The average Bonchev–Trinajstić information content (AvgIpc) is 2.72. The van der Waals surface area contributed by atoms with Crippen LogP contribution in [0.3, 0.4) is 0 Å². The molecule has 0 unspecified atom stereocenters. The summed E-state index contributed by atoms with van der Waals surface area (Å²) in [7, 11) is 0. The Kier molecular flexibility index (Phi) is 5.47. The molecule has 3 aromatic rings. The molecule has 0 aliphatic heterocycles. The van der Waals surface area contributed by atoms with Crippen LogP contribution in [0.4, 0.5) is 11.4 Å². The molecule has 0 fully saturated rings. The van der Waals surface area contributed by atoms with Gasteiger partial charge in [-0.1, -0.05) is 48.5 Å². The summed E-state index contributed by atoms with van der Waals surface area (Å²) < 4.78 is 0. The number of carbonyl (C=O) groups excluding carboxylic acids is 2. The van der Waals surface area contributed by atoms with Gasteiger partial charge in [0.05, 0.1) is 22.5 Å². The van der Waals surface area contributed by atoms with Crippen LogP contribution in [0, 0.1) is 0 Å². The van der Waals surface area contributed by atoms with Crippen LogP contribution in [-0.4, -0.2) is 11.9 Å². The van der Waals surface area contributed by atoms with Gasteiger partial charge in [0.1, 0.15) is 0 Å². The molecule has 2 N–H and O–H groups in total. The number of para-hydroxylation sites is 2. The molecule has 3 rings (SSSR count). The van der Waals surface area contributed by atoms with Crippen molar-refractivity contribution in [2.24, 2.45) is 0 Å². The molecule has 0 atom stereocenters. The molecule has 0 bridgehead atoms. The van der Waals surface area contributed by atoms with E-state index in [1.54, 1.807) is 60.7 Å². The monoisotopic (exact) mass is 348 g/mol. The van der Waals surface area contributed by atoms with Gasteiger partial charge >= 0.3 is 11.9 Å². The summed E-state index contributed by atoms with van der Waals surface area (Å²) in [4.78, 5) is 34.7. The Labute approximate surface area is 150 Å². The maximum atomic E-state index is 12.3. The summed E-state index contributed by atoms with van der Waals surface area (Å²) in [6, 6.07) is 24.2. The highest BCUT2D eigenvalue weighted by molar-refractivity contribution is 6.03. The van der Waals surface area contributed by atoms with Crippen molar-refractivity contribution in [2.75, 3.05) is 11.0 Å². The minimum atomic E-state index is -0.693. The molecule has 0 aromatic heterocycles. The lowest BCUT2D eigenvalue weighted by molar-refractivity contribution is 0.0550. The Morgan fingerprint density at radius 2 is 0.885 bits per heavy atom. The minimum Gasteiger partial charge on any atom is -0.338 e. The number of hydrogen-bond acceptors (Lipinski definition) is 6. The van der Waals surface area contributed by atoms with Crippen molar-refractivity contribution in [1.82, 2.24) is 0 Å². The van der Waals surface area contributed by atoms with Crippen LogP contribution in [0.1, 0.15) is 20.7 Å². The van der Waals surface area contributed by atoms with Crippen LogP contribution in [0.15, 0.2) is 84.9 Å². The Bertz CT molecular complexity index is 808. The van der Waals surface area contributed by atoms with Crippen molar-refractivity contribution in [2.45, 2.75) is 0 Å². The molecule has 6 nitrogen and oxygen atoms in total. The minimum absolute atomic E-state index is 0.0933. The van der Waals surface area contributed by atoms with Gasteiger partial charge < -0.3 is 9.68 Å². The third-order valence-corrected chi connectivity index (χ3v) is 3.44. The smallest absolute Gasteiger partial charge is 0.338 e. The molecule has 0 heterocycles. The summed E-state index contributed by atoms with van der Waals surface area (Å²) in [5.74, 6) is -1.39. The van der Waals surface area contributed by atoms with E-state index in [2.05, 4.69) is 11.0 Å². The first kappa shape index (κ1) is 17.0. The molecular formula is C20H16N2O4. The molecule has 0 amide bonds. The van der Waals surface area contributed by atoms with Crippen LogP contribution in [-0.2, 0) is 9.68 Å². The van der Waals surface area contributed by atoms with E-state index in [1.165, 1.54) is 12.1 Å². The van der Waals surface area contributed by atoms with E-state index < -0.39 is 11.9 Å². The van der Waals surface area contributed by atoms with E-state index in [0.29, 0.717) is 11.4 Å². The van der Waals surface area contributed by atoms with Gasteiger partial charge in [-0.25, -0.2) is 20.5 Å². The third kappa shape index (κ3) is 4.39. The second kappa shape index (κ2) is 8.34. The zero-order valence-electron chi connectivity index (χ0n) is 13.7. The highest BCUT2D eigenvalue weighted by Gasteiger charge is 2.19. The highest BCUT2D eigenvalue weighted by atomic mass is 16.7. The summed E-state index contributed by atoms with van der Waals surface area (Å²) in [6.07, 6.45) is 0. The van der Waals surface area contributed by atoms with Gasteiger partial charge in [-0.15, -0.1) is 0 Å². The first-order valence-electron chi connectivity index (χ1n) is 7.87. The number of carbonyl (C=O) groups is 2. The van der Waals surface area contributed by atoms with Crippen LogP contribution < -0.4 is 11.0 Å². The summed E-state index contributed by atoms with van der Waals surface area (Å²) in [5.41, 5.74) is 6.52. The largest absolute Gasteiger partial charge is 0.363 e. The molecule has 0 saturated heterocycles. The van der Waals surface area contributed by atoms with E-state index >= 15 is 0 Å². The SMILES string of the molecule is O=C(ONc1ccccc1)c1ccccc1C(=O)ONc1ccccc1. The molecular weight excluding hydrogens is 332 g/mol. The maximum absolute atomic E-state index is 12.3. The van der Waals surface area contributed by atoms with Gasteiger partial charge in [0, 0.05) is 0 Å². The van der Waals surface area contributed by atoms with Crippen LogP contribution >= 0.6 is 0 Å². The average molecular weight is 348 g/mol. The predicted molar refractivity (Wildman–Crippen MR) is 97.4 cm³/mol. The van der Waals surface area contributed by atoms with E-state index in [4.69, 9.17) is 9.68 Å². The number of nitrogens with one attached hydrogen (secondary N) is 2. The number of benzene rings is 3. The zero-order valence-corrected chi connectivity index (χ0v) is 13.7. The Balaban J connectivity index is 1.66. The number of anilines is 2. The van der Waals surface area contributed by atoms with Crippen molar-refractivity contribution in [1.29, 1.82) is 0 Å². The third-order valence-electron chi connectivity index (χ3n) is 3.44. The topological polar surface area (TPSA) is 76.7 Å². The molecule has 6 heteroatoms. The lowest BCUT2D eigenvalue weighted by Crippen LogP contribution is -2.18. The Hall–Kier alpha value is -3.80. The summed E-state index contributed by atoms with van der Waals surface area (Å²) in [5, 5.41) is 0. The molecule has 3 aromatic carbocycles. The molecule has 0 aliphatic rings. The van der Waals surface area contributed by atoms with Gasteiger partial charge in [-0.2, -0.15) is 0 Å². The second-order valence-electron chi connectivity index (χ2n) is 5.26. The fraction of sp³-hybridized carbons (Fsp3) is 0. The predicted octanol–water partition coefficient (Wildman–Crippen LogP) is 4.05. The van der Waals surface area contributed by atoms with E-state index in [9.17, 15) is 9.59 Å². The number of rotatable bonds is 6. The quantitative estimate of drug-likeness (QED) is 0.654. The van der Waals surface area contributed by atoms with Crippen molar-refractivity contribution in [3.63, 3.8) is 0 Å². The van der Waals surface area contributed by atoms with Crippen molar-refractivity contribution in [3.8, 4) is 0 Å². The number of hydrogen-bond donors (Lipinski definition) is 2. The molecule has 0 radical (unpaired) electrons. The summed E-state index contributed by atoms with van der Waals surface area (Å²) >= 11 is 0. The molecule has 0 spiro atoms. The van der Waals surface area contributed by atoms with E-state index in [1.807, 2.05) is 12.1 Å². The molecule has 0 aliphatic carbocycles. The van der Waals surface area contributed by atoms with Crippen LogP contribution in [0.25, 0.3) is 0 Å². The highest BCUT2D eigenvalue weighted by Crippen LogP contribution is 2.14. The normalized spacial score (nSPS) is 9.85. The Morgan fingerprint density at radius 3 is 1.27 bits per heavy atom. The molecule has 26 heavy (non-hydrogen) atoms. The molecule has 130 valence electrons. The van der Waals surface area contributed by atoms with E-state index in [0.717, 1.165) is 0 Å². The summed E-state index contributed by atoms with van der Waals surface area (Å²) in [6.45, 7) is 0. The first-order chi connectivity index (χ1) is 12.7. The van der Waals surface area contributed by atoms with E-state index in [-0.39, 0.29) is 11.1 Å². The van der Waals surface area contributed by atoms with Gasteiger partial charge in [0.2, 0.25) is 0 Å². The lowest BCUT2D eigenvalue weighted by Gasteiger charge is -2.10. The van der Waals surface area contributed by atoms with Crippen LogP contribution in [0.2, 0.25) is 0 Å². The van der Waals surface area contributed by atoms with Crippen molar-refractivity contribution < 1.29 is 19.3 Å². The van der Waals surface area contributed by atoms with Gasteiger partial charge in [0.15, 0.2) is 0 Å². The maximum Gasteiger partial charge on any atom is 0.363 e. The standard InChI is InChI=1S/C20H16N2O4/c23-19(25-21-15-9-3-1-4-10-15)17-13-7-8-14-18(17)20(24)26-22-16-11-5-2-6-12-16/h1-14,21-22H. The fourth-order valence-electron chi connectivity index (χ4n) is 2.17. The van der Waals surface area contributed by atoms with Crippen molar-refractivity contribution >= 4 is 23.3 Å². The van der Waals surface area contributed by atoms with Crippen LogP contribution in [0.5, 0.6) is 0 Å². The second-order valence-corrected chi connectivity index (χ2v) is 5.26.